The SMILES string of the molecule is CN=C(NCC1CCN(S(C)(=O)=O)CC1)N1CCN(c2ccccn2)CC1. The summed E-state index contributed by atoms with van der Waals surface area (Å²) in [5, 5.41) is 3.49. The van der Waals surface area contributed by atoms with E-state index in [1.165, 1.54) is 6.26 Å². The summed E-state index contributed by atoms with van der Waals surface area (Å²) < 4.78 is 24.8. The van der Waals surface area contributed by atoms with Gasteiger partial charge in [-0.25, -0.2) is 17.7 Å². The van der Waals surface area contributed by atoms with Crippen LogP contribution in [0.25, 0.3) is 0 Å². The second-order valence-corrected chi connectivity index (χ2v) is 9.18. The molecule has 2 aliphatic heterocycles. The van der Waals surface area contributed by atoms with Crippen molar-refractivity contribution in [2.24, 2.45) is 10.9 Å². The lowest BCUT2D eigenvalue weighted by atomic mass is 9.98. The minimum Gasteiger partial charge on any atom is -0.356 e. The molecule has 2 fully saturated rings. The summed E-state index contributed by atoms with van der Waals surface area (Å²) in [4.78, 5) is 13.4. The lowest BCUT2D eigenvalue weighted by Gasteiger charge is -2.37. The fraction of sp³-hybridized carbons (Fsp3) is 0.667. The predicted molar refractivity (Wildman–Crippen MR) is 109 cm³/mol. The summed E-state index contributed by atoms with van der Waals surface area (Å²) in [6.07, 6.45) is 4.91. The maximum Gasteiger partial charge on any atom is 0.211 e. The Kier molecular flexibility index (Phi) is 6.54. The molecule has 0 saturated carbocycles. The molecule has 2 aliphatic rings. The summed E-state index contributed by atoms with van der Waals surface area (Å²) >= 11 is 0. The van der Waals surface area contributed by atoms with Gasteiger partial charge >= 0.3 is 0 Å². The zero-order valence-electron chi connectivity index (χ0n) is 16.2. The van der Waals surface area contributed by atoms with E-state index in [0.29, 0.717) is 19.0 Å². The van der Waals surface area contributed by atoms with Gasteiger partial charge in [0.25, 0.3) is 0 Å². The van der Waals surface area contributed by atoms with E-state index in [4.69, 9.17) is 0 Å². The Labute approximate surface area is 162 Å². The fourth-order valence-corrected chi connectivity index (χ4v) is 4.58. The van der Waals surface area contributed by atoms with Crippen molar-refractivity contribution < 1.29 is 8.42 Å². The van der Waals surface area contributed by atoms with Gasteiger partial charge in [0.2, 0.25) is 10.0 Å². The van der Waals surface area contributed by atoms with E-state index in [2.05, 4.69) is 25.1 Å². The smallest absolute Gasteiger partial charge is 0.211 e. The van der Waals surface area contributed by atoms with Crippen molar-refractivity contribution in [3.8, 4) is 0 Å². The minimum atomic E-state index is -3.06. The van der Waals surface area contributed by atoms with Gasteiger partial charge in [-0.15, -0.1) is 0 Å². The van der Waals surface area contributed by atoms with Crippen LogP contribution in [0.5, 0.6) is 0 Å². The Hall–Kier alpha value is -1.87. The summed E-state index contributed by atoms with van der Waals surface area (Å²) in [6, 6.07) is 6.00. The first-order valence-electron chi connectivity index (χ1n) is 9.54. The highest BCUT2D eigenvalue weighted by Gasteiger charge is 2.26. The van der Waals surface area contributed by atoms with Crippen LogP contribution in [0.4, 0.5) is 5.82 Å². The van der Waals surface area contributed by atoms with Crippen molar-refractivity contribution in [1.29, 1.82) is 0 Å². The number of nitrogens with one attached hydrogen (secondary N) is 1. The Morgan fingerprint density at radius 1 is 1.19 bits per heavy atom. The van der Waals surface area contributed by atoms with E-state index < -0.39 is 10.0 Å². The first kappa shape index (κ1) is 19.9. The molecule has 1 aromatic rings. The van der Waals surface area contributed by atoms with Gasteiger partial charge in [-0.3, -0.25) is 4.99 Å². The molecule has 0 amide bonds. The third-order valence-corrected chi connectivity index (χ3v) is 6.66. The van der Waals surface area contributed by atoms with Crippen LogP contribution in [0.3, 0.4) is 0 Å². The van der Waals surface area contributed by atoms with E-state index in [1.807, 2.05) is 31.4 Å². The largest absolute Gasteiger partial charge is 0.356 e. The van der Waals surface area contributed by atoms with Crippen molar-refractivity contribution in [2.45, 2.75) is 12.8 Å². The number of guanidine groups is 1. The summed E-state index contributed by atoms with van der Waals surface area (Å²) in [5.74, 6) is 2.44. The predicted octanol–water partition coefficient (Wildman–Crippen LogP) is 0.451. The Morgan fingerprint density at radius 3 is 2.44 bits per heavy atom. The normalized spacial score (nSPS) is 20.7. The maximum absolute atomic E-state index is 11.6. The standard InChI is InChI=1S/C18H30N6O2S/c1-19-18(21-15-16-6-9-24(10-7-16)27(2,25)26)23-13-11-22(12-14-23)17-5-3-4-8-20-17/h3-5,8,16H,6-7,9-15H2,1-2H3,(H,19,21). The highest BCUT2D eigenvalue weighted by atomic mass is 32.2. The summed E-state index contributed by atoms with van der Waals surface area (Å²) in [7, 11) is -1.24. The first-order chi connectivity index (χ1) is 13.0. The van der Waals surface area contributed by atoms with Crippen molar-refractivity contribution in [1.82, 2.24) is 19.5 Å². The number of hydrogen-bond donors (Lipinski definition) is 1. The molecule has 0 unspecified atom stereocenters. The first-order valence-corrected chi connectivity index (χ1v) is 11.4. The third-order valence-electron chi connectivity index (χ3n) is 5.36. The molecule has 27 heavy (non-hydrogen) atoms. The molecule has 0 aromatic carbocycles. The van der Waals surface area contributed by atoms with Gasteiger partial charge in [-0.05, 0) is 30.9 Å². The minimum absolute atomic E-state index is 0.481. The molecule has 2 saturated heterocycles. The number of hydrogen-bond acceptors (Lipinski definition) is 5. The molecular formula is C18H30N6O2S. The lowest BCUT2D eigenvalue weighted by Crippen LogP contribution is -2.53. The van der Waals surface area contributed by atoms with Crippen molar-refractivity contribution >= 4 is 21.8 Å². The molecule has 0 bridgehead atoms. The van der Waals surface area contributed by atoms with Gasteiger partial charge in [0.15, 0.2) is 5.96 Å². The second-order valence-electron chi connectivity index (χ2n) is 7.20. The summed E-state index contributed by atoms with van der Waals surface area (Å²) in [6.45, 7) is 5.73. The van der Waals surface area contributed by atoms with Crippen molar-refractivity contribution in [2.75, 3.05) is 64.0 Å². The van der Waals surface area contributed by atoms with E-state index >= 15 is 0 Å². The Balaban J connectivity index is 1.44. The van der Waals surface area contributed by atoms with Gasteiger partial charge < -0.3 is 15.1 Å². The monoisotopic (exact) mass is 394 g/mol. The van der Waals surface area contributed by atoms with E-state index in [0.717, 1.165) is 57.3 Å². The average Bonchev–Trinajstić information content (AvgIpc) is 2.69. The van der Waals surface area contributed by atoms with Gasteiger partial charge in [0, 0.05) is 59.1 Å². The van der Waals surface area contributed by atoms with Crippen LogP contribution >= 0.6 is 0 Å². The van der Waals surface area contributed by atoms with Crippen LogP contribution in [0.15, 0.2) is 29.4 Å². The molecule has 0 radical (unpaired) electrons. The molecule has 150 valence electrons. The molecule has 1 aromatic heterocycles. The third kappa shape index (κ3) is 5.32. The number of aliphatic imine (C=N–C) groups is 1. The maximum atomic E-state index is 11.6. The molecule has 3 rings (SSSR count). The molecule has 9 heteroatoms. The van der Waals surface area contributed by atoms with Crippen LogP contribution in [-0.2, 0) is 10.0 Å². The highest BCUT2D eigenvalue weighted by Crippen LogP contribution is 2.18. The molecule has 0 spiro atoms. The van der Waals surface area contributed by atoms with Gasteiger partial charge in [0.05, 0.1) is 6.26 Å². The summed E-state index contributed by atoms with van der Waals surface area (Å²) in [5.41, 5.74) is 0. The molecule has 3 heterocycles. The number of rotatable bonds is 4. The molecular weight excluding hydrogens is 364 g/mol. The zero-order chi connectivity index (χ0) is 19.3. The molecule has 1 N–H and O–H groups in total. The number of piperidine rings is 1. The van der Waals surface area contributed by atoms with E-state index in [9.17, 15) is 8.42 Å². The van der Waals surface area contributed by atoms with E-state index in [-0.39, 0.29) is 0 Å². The quantitative estimate of drug-likeness (QED) is 0.590. The van der Waals surface area contributed by atoms with Gasteiger partial charge in [0.1, 0.15) is 5.82 Å². The van der Waals surface area contributed by atoms with Crippen LogP contribution in [0.1, 0.15) is 12.8 Å². The van der Waals surface area contributed by atoms with Crippen LogP contribution in [-0.4, -0.2) is 87.7 Å². The fourth-order valence-electron chi connectivity index (χ4n) is 3.70. The van der Waals surface area contributed by atoms with Crippen LogP contribution < -0.4 is 10.2 Å². The van der Waals surface area contributed by atoms with Crippen molar-refractivity contribution in [3.05, 3.63) is 24.4 Å². The molecule has 8 nitrogen and oxygen atoms in total. The number of sulfonamides is 1. The second kappa shape index (κ2) is 8.88. The highest BCUT2D eigenvalue weighted by molar-refractivity contribution is 7.88. The molecule has 0 aliphatic carbocycles. The van der Waals surface area contributed by atoms with Crippen LogP contribution in [0.2, 0.25) is 0 Å². The topological polar surface area (TPSA) is 81.1 Å². The Bertz CT molecular complexity index is 723. The number of aromatic nitrogens is 1. The average molecular weight is 395 g/mol. The van der Waals surface area contributed by atoms with Gasteiger partial charge in [-0.2, -0.15) is 0 Å². The van der Waals surface area contributed by atoms with E-state index in [1.54, 1.807) is 4.31 Å². The number of piperazine rings is 1. The molecule has 0 atom stereocenters. The number of anilines is 1. The van der Waals surface area contributed by atoms with Gasteiger partial charge in [-0.1, -0.05) is 6.07 Å². The lowest BCUT2D eigenvalue weighted by molar-refractivity contribution is 0.271. The van der Waals surface area contributed by atoms with Crippen molar-refractivity contribution in [3.63, 3.8) is 0 Å². The Morgan fingerprint density at radius 2 is 1.89 bits per heavy atom. The number of pyridine rings is 1. The number of nitrogens with zero attached hydrogens (tertiary/aromatic N) is 5. The van der Waals surface area contributed by atoms with Crippen LogP contribution in [0, 0.1) is 5.92 Å². The zero-order valence-corrected chi connectivity index (χ0v) is 17.0.